The molecule has 1 aromatic carbocycles. The molecule has 94 valence electrons. The number of halogens is 2. The molecule has 1 aliphatic rings. The zero-order chi connectivity index (χ0) is 12.6. The van der Waals surface area contributed by atoms with E-state index in [4.69, 9.17) is 0 Å². The van der Waals surface area contributed by atoms with Crippen molar-refractivity contribution >= 4 is 10.0 Å². The molecular weight excluding hydrogens is 250 g/mol. The number of rotatable bonds is 3. The van der Waals surface area contributed by atoms with E-state index in [-0.39, 0.29) is 6.04 Å². The number of benzene rings is 1. The first-order chi connectivity index (χ1) is 7.93. The molecule has 0 aromatic heterocycles. The molecule has 1 N–H and O–H groups in total. The molecule has 0 spiro atoms. The Morgan fingerprint density at radius 3 is 2.47 bits per heavy atom. The van der Waals surface area contributed by atoms with E-state index in [1.54, 1.807) is 0 Å². The van der Waals surface area contributed by atoms with E-state index >= 15 is 0 Å². The lowest BCUT2D eigenvalue weighted by atomic mass is 10.2. The molecule has 0 aliphatic carbocycles. The van der Waals surface area contributed by atoms with Crippen LogP contribution in [0.1, 0.15) is 0 Å². The fraction of sp³-hybridized carbons (Fsp3) is 0.400. The molecule has 1 heterocycles. The normalized spacial score (nSPS) is 17.2. The molecule has 1 fully saturated rings. The number of nitrogens with one attached hydrogen (secondary N) is 1. The summed E-state index contributed by atoms with van der Waals surface area (Å²) in [7, 11) is -2.50. The molecule has 1 aliphatic heterocycles. The first kappa shape index (κ1) is 12.4. The average Bonchev–Trinajstić information content (AvgIpc) is 2.13. The average molecular weight is 262 g/mol. The molecule has 1 saturated heterocycles. The van der Waals surface area contributed by atoms with Gasteiger partial charge in [-0.05, 0) is 12.1 Å². The second kappa shape index (κ2) is 4.32. The summed E-state index contributed by atoms with van der Waals surface area (Å²) in [5, 5.41) is 2.93. The van der Waals surface area contributed by atoms with Gasteiger partial charge in [0, 0.05) is 32.2 Å². The van der Waals surface area contributed by atoms with Crippen LogP contribution in [0, 0.1) is 11.6 Å². The third-order valence-electron chi connectivity index (χ3n) is 2.83. The first-order valence-corrected chi connectivity index (χ1v) is 6.51. The van der Waals surface area contributed by atoms with E-state index in [1.165, 1.54) is 7.05 Å². The minimum Gasteiger partial charge on any atom is -0.313 e. The number of likely N-dealkylation sites (N-methyl/N-ethyl adjacent to an activating group) is 1. The smallest absolute Gasteiger partial charge is 0.246 e. The van der Waals surface area contributed by atoms with Crippen molar-refractivity contribution < 1.29 is 17.2 Å². The zero-order valence-corrected chi connectivity index (χ0v) is 9.97. The molecule has 0 unspecified atom stereocenters. The predicted molar refractivity (Wildman–Crippen MR) is 58.0 cm³/mol. The Labute approximate surface area is 98.3 Å². The highest BCUT2D eigenvalue weighted by Crippen LogP contribution is 2.21. The summed E-state index contributed by atoms with van der Waals surface area (Å²) >= 11 is 0. The maximum absolute atomic E-state index is 13.4. The molecule has 0 bridgehead atoms. The molecule has 0 atom stereocenters. The van der Waals surface area contributed by atoms with Crippen LogP contribution in [0.2, 0.25) is 0 Å². The van der Waals surface area contributed by atoms with Gasteiger partial charge < -0.3 is 5.32 Å². The quantitative estimate of drug-likeness (QED) is 0.866. The van der Waals surface area contributed by atoms with Gasteiger partial charge in [-0.2, -0.15) is 4.31 Å². The summed E-state index contributed by atoms with van der Waals surface area (Å²) in [5.41, 5.74) is 0. The first-order valence-electron chi connectivity index (χ1n) is 5.07. The van der Waals surface area contributed by atoms with E-state index in [0.717, 1.165) is 16.4 Å². The van der Waals surface area contributed by atoms with Crippen molar-refractivity contribution in [1.29, 1.82) is 0 Å². The summed E-state index contributed by atoms with van der Waals surface area (Å²) in [5.74, 6) is -1.86. The van der Waals surface area contributed by atoms with Gasteiger partial charge in [-0.3, -0.25) is 0 Å². The van der Waals surface area contributed by atoms with Crippen LogP contribution >= 0.6 is 0 Å². The van der Waals surface area contributed by atoms with Gasteiger partial charge in [-0.15, -0.1) is 0 Å². The van der Waals surface area contributed by atoms with Crippen LogP contribution in [0.3, 0.4) is 0 Å². The molecule has 7 heteroatoms. The SMILES string of the molecule is CN(C1CNC1)S(=O)(=O)c1ccc(F)cc1F. The van der Waals surface area contributed by atoms with Crippen molar-refractivity contribution in [2.45, 2.75) is 10.9 Å². The summed E-state index contributed by atoms with van der Waals surface area (Å²) in [6.07, 6.45) is 0. The highest BCUT2D eigenvalue weighted by Gasteiger charge is 2.33. The largest absolute Gasteiger partial charge is 0.313 e. The maximum Gasteiger partial charge on any atom is 0.246 e. The van der Waals surface area contributed by atoms with Crippen molar-refractivity contribution in [2.24, 2.45) is 0 Å². The van der Waals surface area contributed by atoms with Crippen LogP contribution in [0.4, 0.5) is 8.78 Å². The van der Waals surface area contributed by atoms with E-state index in [9.17, 15) is 17.2 Å². The number of hydrogen-bond donors (Lipinski definition) is 1. The second-order valence-corrected chi connectivity index (χ2v) is 5.87. The Hall–Kier alpha value is -1.05. The molecule has 17 heavy (non-hydrogen) atoms. The summed E-state index contributed by atoms with van der Waals surface area (Å²) in [6.45, 7) is 1.08. The lowest BCUT2D eigenvalue weighted by molar-refractivity contribution is 0.273. The Bertz CT molecular complexity index is 529. The zero-order valence-electron chi connectivity index (χ0n) is 9.15. The van der Waals surface area contributed by atoms with Crippen molar-refractivity contribution in [3.8, 4) is 0 Å². The van der Waals surface area contributed by atoms with Crippen LogP contribution in [-0.2, 0) is 10.0 Å². The number of sulfonamides is 1. The van der Waals surface area contributed by atoms with Gasteiger partial charge in [0.05, 0.1) is 0 Å². The van der Waals surface area contributed by atoms with E-state index < -0.39 is 26.6 Å². The summed E-state index contributed by atoms with van der Waals surface area (Å²) < 4.78 is 51.3. The minimum atomic E-state index is -3.89. The maximum atomic E-state index is 13.4. The van der Waals surface area contributed by atoms with Crippen LogP contribution < -0.4 is 5.32 Å². The Kier molecular flexibility index (Phi) is 3.15. The van der Waals surface area contributed by atoms with Crippen molar-refractivity contribution in [2.75, 3.05) is 20.1 Å². The Morgan fingerprint density at radius 2 is 2.00 bits per heavy atom. The van der Waals surface area contributed by atoms with E-state index in [0.29, 0.717) is 19.2 Å². The van der Waals surface area contributed by atoms with Gasteiger partial charge in [0.15, 0.2) is 0 Å². The van der Waals surface area contributed by atoms with Gasteiger partial charge in [0.25, 0.3) is 0 Å². The van der Waals surface area contributed by atoms with Gasteiger partial charge in [0.2, 0.25) is 10.0 Å². The molecular formula is C10H12F2N2O2S. The molecule has 4 nitrogen and oxygen atoms in total. The molecule has 0 radical (unpaired) electrons. The summed E-state index contributed by atoms with van der Waals surface area (Å²) in [4.78, 5) is -0.492. The van der Waals surface area contributed by atoms with Crippen LogP contribution in [0.15, 0.2) is 23.1 Å². The topological polar surface area (TPSA) is 49.4 Å². The predicted octanol–water partition coefficient (Wildman–Crippen LogP) is 0.557. The Morgan fingerprint density at radius 1 is 1.35 bits per heavy atom. The molecule has 0 amide bonds. The fourth-order valence-electron chi connectivity index (χ4n) is 1.57. The minimum absolute atomic E-state index is 0.176. The van der Waals surface area contributed by atoms with Crippen molar-refractivity contribution in [3.05, 3.63) is 29.8 Å². The van der Waals surface area contributed by atoms with Gasteiger partial charge in [0.1, 0.15) is 16.5 Å². The van der Waals surface area contributed by atoms with Crippen LogP contribution in [-0.4, -0.2) is 38.9 Å². The lowest BCUT2D eigenvalue weighted by Gasteiger charge is -2.34. The van der Waals surface area contributed by atoms with Crippen molar-refractivity contribution in [1.82, 2.24) is 9.62 Å². The van der Waals surface area contributed by atoms with Crippen LogP contribution in [0.25, 0.3) is 0 Å². The number of hydrogen-bond acceptors (Lipinski definition) is 3. The lowest BCUT2D eigenvalue weighted by Crippen LogP contribution is -2.57. The molecule has 0 saturated carbocycles. The third-order valence-corrected chi connectivity index (χ3v) is 4.77. The van der Waals surface area contributed by atoms with Crippen molar-refractivity contribution in [3.63, 3.8) is 0 Å². The number of nitrogens with zero attached hydrogens (tertiary/aromatic N) is 1. The van der Waals surface area contributed by atoms with Gasteiger partial charge in [-0.25, -0.2) is 17.2 Å². The molecule has 2 rings (SSSR count). The highest BCUT2D eigenvalue weighted by molar-refractivity contribution is 7.89. The highest BCUT2D eigenvalue weighted by atomic mass is 32.2. The Balaban J connectivity index is 2.36. The fourth-order valence-corrected chi connectivity index (χ4v) is 2.96. The molecule has 1 aromatic rings. The van der Waals surface area contributed by atoms with Gasteiger partial charge in [-0.1, -0.05) is 0 Å². The second-order valence-electron chi connectivity index (χ2n) is 3.91. The standard InChI is InChI=1S/C10H12F2N2O2S/c1-14(8-5-13-6-8)17(15,16)10-3-2-7(11)4-9(10)12/h2-4,8,13H,5-6H2,1H3. The third kappa shape index (κ3) is 2.18. The van der Waals surface area contributed by atoms with Crippen LogP contribution in [0.5, 0.6) is 0 Å². The van der Waals surface area contributed by atoms with E-state index in [2.05, 4.69) is 5.32 Å². The van der Waals surface area contributed by atoms with Gasteiger partial charge >= 0.3 is 0 Å². The summed E-state index contributed by atoms with van der Waals surface area (Å²) in [6, 6.07) is 2.27. The monoisotopic (exact) mass is 262 g/mol. The van der Waals surface area contributed by atoms with E-state index in [1.807, 2.05) is 0 Å².